The number of carbonyl (C=O) groups excluding carboxylic acids is 1. The molecule has 0 aromatic heterocycles. The number of halogens is 3. The van der Waals surface area contributed by atoms with E-state index in [-0.39, 0.29) is 15.5 Å². The molecule has 8 heteroatoms. The van der Waals surface area contributed by atoms with Gasteiger partial charge in [-0.3, -0.25) is 4.79 Å². The first-order valence-corrected chi connectivity index (χ1v) is 8.47. The third kappa shape index (κ3) is 3.85. The van der Waals surface area contributed by atoms with Crippen molar-refractivity contribution in [3.63, 3.8) is 0 Å². The quantitative estimate of drug-likeness (QED) is 0.823. The van der Waals surface area contributed by atoms with E-state index in [4.69, 9.17) is 22.3 Å². The molecule has 1 amide bonds. The van der Waals surface area contributed by atoms with Crippen molar-refractivity contribution < 1.29 is 13.2 Å². The van der Waals surface area contributed by atoms with Crippen LogP contribution >= 0.6 is 38.2 Å². The van der Waals surface area contributed by atoms with Crippen LogP contribution in [0.4, 0.5) is 0 Å². The van der Waals surface area contributed by atoms with Gasteiger partial charge in [0.2, 0.25) is 0 Å². The molecule has 0 fully saturated rings. The van der Waals surface area contributed by atoms with Crippen molar-refractivity contribution in [1.82, 2.24) is 5.32 Å². The van der Waals surface area contributed by atoms with Gasteiger partial charge >= 0.3 is 0 Å². The topological polar surface area (TPSA) is 63.2 Å². The van der Waals surface area contributed by atoms with E-state index in [2.05, 4.69) is 21.2 Å². The first-order valence-electron chi connectivity index (χ1n) is 4.99. The average molecular weight is 375 g/mol. The zero-order chi connectivity index (χ0) is 13.9. The number of benzene rings is 1. The van der Waals surface area contributed by atoms with Crippen molar-refractivity contribution in [3.8, 4) is 0 Å². The molecule has 1 aromatic carbocycles. The third-order valence-electron chi connectivity index (χ3n) is 2.05. The van der Waals surface area contributed by atoms with Gasteiger partial charge in [0.15, 0.2) is 0 Å². The molecule has 0 atom stereocenters. The lowest BCUT2D eigenvalue weighted by atomic mass is 10.2. The van der Waals surface area contributed by atoms with Crippen LogP contribution in [0.3, 0.4) is 0 Å². The molecule has 0 heterocycles. The van der Waals surface area contributed by atoms with E-state index in [1.165, 1.54) is 12.1 Å². The minimum Gasteiger partial charge on any atom is -0.352 e. The van der Waals surface area contributed by atoms with Gasteiger partial charge in [0.1, 0.15) is 4.90 Å². The zero-order valence-electron chi connectivity index (χ0n) is 9.34. The summed E-state index contributed by atoms with van der Waals surface area (Å²) in [7, 11) is 1.25. The molecule has 0 aliphatic heterocycles. The number of rotatable bonds is 4. The Hall–Kier alpha value is -0.300. The molecule has 0 bridgehead atoms. The van der Waals surface area contributed by atoms with Crippen LogP contribution in [0.15, 0.2) is 21.5 Å². The lowest BCUT2D eigenvalue weighted by Gasteiger charge is -2.09. The van der Waals surface area contributed by atoms with E-state index in [1.54, 1.807) is 0 Å². The molecule has 1 rings (SSSR count). The predicted octanol–water partition coefficient (Wildman–Crippen LogP) is 3.17. The SMILES string of the molecule is CCCNC(=O)c1cc(Br)cc(S(=O)(=O)Cl)c1Cl. The van der Waals surface area contributed by atoms with Gasteiger partial charge in [-0.2, -0.15) is 0 Å². The molecule has 0 aliphatic rings. The fourth-order valence-corrected chi connectivity index (χ4v) is 3.42. The summed E-state index contributed by atoms with van der Waals surface area (Å²) in [5.41, 5.74) is 0.0683. The van der Waals surface area contributed by atoms with Gasteiger partial charge in [-0.25, -0.2) is 8.42 Å². The summed E-state index contributed by atoms with van der Waals surface area (Å²) in [5, 5.41) is 2.43. The van der Waals surface area contributed by atoms with Crippen molar-refractivity contribution in [2.45, 2.75) is 18.2 Å². The maximum Gasteiger partial charge on any atom is 0.262 e. The maximum absolute atomic E-state index is 11.8. The second kappa shape index (κ2) is 6.23. The molecule has 1 N–H and O–H groups in total. The molecule has 1 aromatic rings. The van der Waals surface area contributed by atoms with Crippen LogP contribution in [-0.2, 0) is 9.05 Å². The van der Waals surface area contributed by atoms with Crippen molar-refractivity contribution >= 4 is 53.2 Å². The minimum absolute atomic E-state index is 0.0683. The highest BCUT2D eigenvalue weighted by Gasteiger charge is 2.21. The lowest BCUT2D eigenvalue weighted by molar-refractivity contribution is 0.0953. The van der Waals surface area contributed by atoms with Crippen molar-refractivity contribution in [2.24, 2.45) is 0 Å². The highest BCUT2D eigenvalue weighted by molar-refractivity contribution is 9.10. The zero-order valence-corrected chi connectivity index (χ0v) is 13.3. The number of amides is 1. The van der Waals surface area contributed by atoms with Crippen LogP contribution in [0.1, 0.15) is 23.7 Å². The number of carbonyl (C=O) groups is 1. The second-order valence-corrected chi connectivity index (χ2v) is 7.29. The highest BCUT2D eigenvalue weighted by Crippen LogP contribution is 2.31. The molecule has 18 heavy (non-hydrogen) atoms. The van der Waals surface area contributed by atoms with E-state index < -0.39 is 15.0 Å². The van der Waals surface area contributed by atoms with E-state index in [1.807, 2.05) is 6.92 Å². The van der Waals surface area contributed by atoms with Crippen LogP contribution in [0, 0.1) is 0 Å². The average Bonchev–Trinajstić information content (AvgIpc) is 2.27. The molecular weight excluding hydrogens is 365 g/mol. The number of hydrogen-bond acceptors (Lipinski definition) is 3. The predicted molar refractivity (Wildman–Crippen MR) is 74.8 cm³/mol. The van der Waals surface area contributed by atoms with Gasteiger partial charge < -0.3 is 5.32 Å². The molecule has 4 nitrogen and oxygen atoms in total. The summed E-state index contributed by atoms with van der Waals surface area (Å²) in [4.78, 5) is 11.5. The van der Waals surface area contributed by atoms with Gasteiger partial charge in [0.05, 0.1) is 10.6 Å². The molecule has 0 radical (unpaired) electrons. The molecule has 0 unspecified atom stereocenters. The van der Waals surface area contributed by atoms with Crippen LogP contribution in [0.5, 0.6) is 0 Å². The van der Waals surface area contributed by atoms with E-state index in [0.717, 1.165) is 6.42 Å². The molecule has 0 aliphatic carbocycles. The Morgan fingerprint density at radius 3 is 2.56 bits per heavy atom. The first-order chi connectivity index (χ1) is 8.27. The van der Waals surface area contributed by atoms with Crippen LogP contribution in [0.2, 0.25) is 5.02 Å². The third-order valence-corrected chi connectivity index (χ3v) is 4.37. The van der Waals surface area contributed by atoms with Crippen molar-refractivity contribution in [1.29, 1.82) is 0 Å². The monoisotopic (exact) mass is 373 g/mol. The highest BCUT2D eigenvalue weighted by atomic mass is 79.9. The molecule has 0 spiro atoms. The molecule has 0 saturated heterocycles. The van der Waals surface area contributed by atoms with Crippen LogP contribution in [-0.4, -0.2) is 20.9 Å². The summed E-state index contributed by atoms with van der Waals surface area (Å²) in [5.74, 6) is -0.440. The Morgan fingerprint density at radius 2 is 2.06 bits per heavy atom. The standard InChI is InChI=1S/C10H10BrCl2NO3S/c1-2-3-14-10(15)7-4-6(11)5-8(9(7)12)18(13,16)17/h4-5H,2-3H2,1H3,(H,14,15). The van der Waals surface area contributed by atoms with E-state index in [0.29, 0.717) is 11.0 Å². The maximum atomic E-state index is 11.8. The summed E-state index contributed by atoms with van der Waals surface area (Å²) < 4.78 is 23.1. The van der Waals surface area contributed by atoms with Gasteiger partial charge in [-0.1, -0.05) is 34.5 Å². The number of hydrogen-bond donors (Lipinski definition) is 1. The minimum atomic E-state index is -4.00. The van der Waals surface area contributed by atoms with Gasteiger partial charge in [0, 0.05) is 21.7 Å². The fraction of sp³-hybridized carbons (Fsp3) is 0.300. The smallest absolute Gasteiger partial charge is 0.262 e. The second-order valence-electron chi connectivity index (χ2n) is 3.46. The Balaban J connectivity index is 3.30. The van der Waals surface area contributed by atoms with Gasteiger partial charge in [0.25, 0.3) is 15.0 Å². The lowest BCUT2D eigenvalue weighted by Crippen LogP contribution is -2.24. The van der Waals surface area contributed by atoms with Crippen LogP contribution < -0.4 is 5.32 Å². The van der Waals surface area contributed by atoms with Gasteiger partial charge in [-0.05, 0) is 18.6 Å². The summed E-state index contributed by atoms with van der Waals surface area (Å²) in [6.07, 6.45) is 0.762. The van der Waals surface area contributed by atoms with Crippen molar-refractivity contribution in [2.75, 3.05) is 6.54 Å². The summed E-state index contributed by atoms with van der Waals surface area (Å²) >= 11 is 9.01. The van der Waals surface area contributed by atoms with E-state index >= 15 is 0 Å². The Bertz CT molecular complexity index is 575. The normalized spacial score (nSPS) is 11.3. The first kappa shape index (κ1) is 15.8. The van der Waals surface area contributed by atoms with E-state index in [9.17, 15) is 13.2 Å². The van der Waals surface area contributed by atoms with Crippen LogP contribution in [0.25, 0.3) is 0 Å². The van der Waals surface area contributed by atoms with Gasteiger partial charge in [-0.15, -0.1) is 0 Å². The number of nitrogens with one attached hydrogen (secondary N) is 1. The molecule has 0 saturated carbocycles. The Labute approximate surface area is 123 Å². The summed E-state index contributed by atoms with van der Waals surface area (Å²) in [6, 6.07) is 2.69. The molecule has 100 valence electrons. The Kier molecular flexibility index (Phi) is 5.46. The largest absolute Gasteiger partial charge is 0.352 e. The Morgan fingerprint density at radius 1 is 1.44 bits per heavy atom. The van der Waals surface area contributed by atoms with Crippen molar-refractivity contribution in [3.05, 3.63) is 27.2 Å². The molecular formula is C10H10BrCl2NO3S. The summed E-state index contributed by atoms with van der Waals surface area (Å²) in [6.45, 7) is 2.38. The fourth-order valence-electron chi connectivity index (χ4n) is 1.24.